The number of aliphatic hydroxyl groups is 1. The summed E-state index contributed by atoms with van der Waals surface area (Å²) in [5, 5.41) is 9.67. The van der Waals surface area contributed by atoms with Crippen LogP contribution in [0.2, 0.25) is 0 Å². The molecule has 1 unspecified atom stereocenters. The normalized spacial score (nSPS) is 25.7. The standard InChI is InChI=1S/C13H19NO.H2/c1-13(2)8-12(15)10-14(13)9-11-6-4-3-5-7-11;/h3-7,12,15H,8-10H2,1-2H3;1H. The molecule has 1 aliphatic heterocycles. The highest BCUT2D eigenvalue weighted by Gasteiger charge is 2.36. The molecule has 1 aromatic rings. The maximum atomic E-state index is 9.67. The zero-order valence-corrected chi connectivity index (χ0v) is 9.48. The Balaban J connectivity index is 0.00000128. The number of rotatable bonds is 2. The fourth-order valence-corrected chi connectivity index (χ4v) is 2.35. The first-order chi connectivity index (χ1) is 7.08. The zero-order chi connectivity index (χ0) is 10.9. The summed E-state index contributed by atoms with van der Waals surface area (Å²) in [6.07, 6.45) is 0.712. The van der Waals surface area contributed by atoms with Crippen molar-refractivity contribution in [3.05, 3.63) is 35.9 Å². The van der Waals surface area contributed by atoms with Crippen molar-refractivity contribution < 1.29 is 6.53 Å². The Hall–Kier alpha value is -0.860. The van der Waals surface area contributed by atoms with Crippen LogP contribution in [0.4, 0.5) is 0 Å². The van der Waals surface area contributed by atoms with Crippen LogP contribution in [0, 0.1) is 0 Å². The summed E-state index contributed by atoms with van der Waals surface area (Å²) >= 11 is 0. The predicted molar refractivity (Wildman–Crippen MR) is 63.7 cm³/mol. The fraction of sp³-hybridized carbons (Fsp3) is 0.538. The lowest BCUT2D eigenvalue weighted by Crippen LogP contribution is -2.37. The summed E-state index contributed by atoms with van der Waals surface area (Å²) in [6.45, 7) is 6.13. The van der Waals surface area contributed by atoms with Crippen molar-refractivity contribution in [3.8, 4) is 0 Å². The maximum absolute atomic E-state index is 9.67. The average Bonchev–Trinajstić information content (AvgIpc) is 2.41. The molecular formula is C13H21NO. The lowest BCUT2D eigenvalue weighted by atomic mass is 10.0. The van der Waals surface area contributed by atoms with Crippen molar-refractivity contribution in [1.82, 2.24) is 4.90 Å². The highest BCUT2D eigenvalue weighted by Crippen LogP contribution is 2.29. The van der Waals surface area contributed by atoms with Gasteiger partial charge in [-0.1, -0.05) is 30.3 Å². The van der Waals surface area contributed by atoms with E-state index in [1.165, 1.54) is 5.56 Å². The number of hydrogen-bond acceptors (Lipinski definition) is 2. The first-order valence-electron chi connectivity index (χ1n) is 5.55. The van der Waals surface area contributed by atoms with E-state index in [1.807, 2.05) is 6.07 Å². The van der Waals surface area contributed by atoms with Gasteiger partial charge in [-0.25, -0.2) is 0 Å². The van der Waals surface area contributed by atoms with E-state index in [0.29, 0.717) is 0 Å². The topological polar surface area (TPSA) is 23.5 Å². The number of nitrogens with zero attached hydrogens (tertiary/aromatic N) is 1. The molecule has 0 spiro atoms. The molecule has 1 atom stereocenters. The Bertz CT molecular complexity index is 326. The molecule has 84 valence electrons. The first-order valence-corrected chi connectivity index (χ1v) is 5.55. The number of aliphatic hydroxyl groups excluding tert-OH is 1. The van der Waals surface area contributed by atoms with Crippen LogP contribution in [-0.4, -0.2) is 28.2 Å². The molecule has 1 saturated heterocycles. The molecule has 0 aliphatic carbocycles. The highest BCUT2D eigenvalue weighted by atomic mass is 16.3. The maximum Gasteiger partial charge on any atom is 0.0684 e. The second-order valence-electron chi connectivity index (χ2n) is 5.04. The molecule has 0 amide bonds. The summed E-state index contributed by atoms with van der Waals surface area (Å²) in [5.41, 5.74) is 1.44. The van der Waals surface area contributed by atoms with Gasteiger partial charge in [-0.3, -0.25) is 4.90 Å². The molecule has 15 heavy (non-hydrogen) atoms. The largest absolute Gasteiger partial charge is 0.392 e. The molecule has 2 nitrogen and oxygen atoms in total. The highest BCUT2D eigenvalue weighted by molar-refractivity contribution is 5.15. The van der Waals surface area contributed by atoms with Crippen LogP contribution in [-0.2, 0) is 6.54 Å². The van der Waals surface area contributed by atoms with E-state index in [0.717, 1.165) is 19.5 Å². The van der Waals surface area contributed by atoms with E-state index in [2.05, 4.69) is 43.0 Å². The molecule has 0 radical (unpaired) electrons. The van der Waals surface area contributed by atoms with E-state index in [-0.39, 0.29) is 13.1 Å². The molecule has 2 rings (SSSR count). The third-order valence-corrected chi connectivity index (χ3v) is 3.24. The van der Waals surface area contributed by atoms with Gasteiger partial charge < -0.3 is 5.11 Å². The zero-order valence-electron chi connectivity index (χ0n) is 9.48. The molecular weight excluding hydrogens is 186 g/mol. The lowest BCUT2D eigenvalue weighted by molar-refractivity contribution is 0.156. The third kappa shape index (κ3) is 2.39. The number of β-amino-alcohol motifs (C(OH)–C–C–N with tert-alkyl or cyclic N) is 1. The van der Waals surface area contributed by atoms with Crippen LogP contribution in [0.3, 0.4) is 0 Å². The van der Waals surface area contributed by atoms with Gasteiger partial charge in [0.1, 0.15) is 0 Å². The van der Waals surface area contributed by atoms with E-state index in [1.54, 1.807) is 0 Å². The Labute approximate surface area is 93.0 Å². The number of benzene rings is 1. The molecule has 1 heterocycles. The Morgan fingerprint density at radius 2 is 2.07 bits per heavy atom. The SMILES string of the molecule is CC1(C)CC(O)CN1Cc1ccccc1.[HH]. The second kappa shape index (κ2) is 3.95. The molecule has 1 fully saturated rings. The monoisotopic (exact) mass is 207 g/mol. The molecule has 0 aromatic heterocycles. The van der Waals surface area contributed by atoms with E-state index in [4.69, 9.17) is 0 Å². The average molecular weight is 207 g/mol. The molecule has 0 bridgehead atoms. The third-order valence-electron chi connectivity index (χ3n) is 3.24. The van der Waals surface area contributed by atoms with Crippen molar-refractivity contribution >= 4 is 0 Å². The van der Waals surface area contributed by atoms with Crippen LogP contribution < -0.4 is 0 Å². The number of likely N-dealkylation sites (tertiary alicyclic amines) is 1. The minimum absolute atomic E-state index is 0. The Morgan fingerprint density at radius 3 is 2.60 bits per heavy atom. The van der Waals surface area contributed by atoms with Crippen molar-refractivity contribution in [2.75, 3.05) is 6.54 Å². The summed E-state index contributed by atoms with van der Waals surface area (Å²) in [7, 11) is 0. The van der Waals surface area contributed by atoms with Crippen molar-refractivity contribution in [2.24, 2.45) is 0 Å². The van der Waals surface area contributed by atoms with Gasteiger partial charge >= 0.3 is 0 Å². The fourth-order valence-electron chi connectivity index (χ4n) is 2.35. The van der Waals surface area contributed by atoms with E-state index in [9.17, 15) is 5.11 Å². The summed E-state index contributed by atoms with van der Waals surface area (Å²) < 4.78 is 0. The van der Waals surface area contributed by atoms with Crippen molar-refractivity contribution in [3.63, 3.8) is 0 Å². The lowest BCUT2D eigenvalue weighted by Gasteiger charge is -2.31. The van der Waals surface area contributed by atoms with Crippen LogP contribution in [0.25, 0.3) is 0 Å². The minimum atomic E-state index is -0.163. The van der Waals surface area contributed by atoms with Gasteiger partial charge in [0.05, 0.1) is 6.10 Å². The smallest absolute Gasteiger partial charge is 0.0684 e. The van der Waals surface area contributed by atoms with Crippen LogP contribution >= 0.6 is 0 Å². The second-order valence-corrected chi connectivity index (χ2v) is 5.04. The minimum Gasteiger partial charge on any atom is -0.392 e. The quantitative estimate of drug-likeness (QED) is 0.804. The van der Waals surface area contributed by atoms with Gasteiger partial charge in [-0.2, -0.15) is 0 Å². The molecule has 1 N–H and O–H groups in total. The molecule has 2 heteroatoms. The summed E-state index contributed by atoms with van der Waals surface area (Å²) in [5.74, 6) is 0. The Morgan fingerprint density at radius 1 is 1.40 bits per heavy atom. The molecule has 1 aromatic carbocycles. The van der Waals surface area contributed by atoms with Gasteiger partial charge in [0, 0.05) is 20.1 Å². The van der Waals surface area contributed by atoms with Crippen LogP contribution in [0.15, 0.2) is 30.3 Å². The molecule has 1 aliphatic rings. The van der Waals surface area contributed by atoms with Crippen LogP contribution in [0.1, 0.15) is 27.3 Å². The Kier molecular flexibility index (Phi) is 2.81. The van der Waals surface area contributed by atoms with Crippen LogP contribution in [0.5, 0.6) is 0 Å². The summed E-state index contributed by atoms with van der Waals surface area (Å²) in [4.78, 5) is 2.35. The predicted octanol–water partition coefficient (Wildman–Crippen LogP) is 2.28. The number of hydrogen-bond donors (Lipinski definition) is 1. The van der Waals surface area contributed by atoms with E-state index < -0.39 is 0 Å². The summed E-state index contributed by atoms with van der Waals surface area (Å²) in [6, 6.07) is 10.4. The van der Waals surface area contributed by atoms with Gasteiger partial charge in [0.2, 0.25) is 0 Å². The van der Waals surface area contributed by atoms with Crippen molar-refractivity contribution in [1.29, 1.82) is 0 Å². The van der Waals surface area contributed by atoms with E-state index >= 15 is 0 Å². The molecule has 0 saturated carbocycles. The van der Waals surface area contributed by atoms with Gasteiger partial charge in [0.25, 0.3) is 0 Å². The first kappa shape index (κ1) is 10.7. The van der Waals surface area contributed by atoms with Gasteiger partial charge in [-0.15, -0.1) is 0 Å². The van der Waals surface area contributed by atoms with Gasteiger partial charge in [0.15, 0.2) is 0 Å². The van der Waals surface area contributed by atoms with Crippen molar-refractivity contribution in [2.45, 2.75) is 38.5 Å². The van der Waals surface area contributed by atoms with Gasteiger partial charge in [-0.05, 0) is 25.8 Å².